The van der Waals surface area contributed by atoms with Crippen LogP contribution in [0.3, 0.4) is 0 Å². The number of carbonyl (C=O) groups is 1. The molecule has 0 fully saturated rings. The molecule has 1 aliphatic rings. The second kappa shape index (κ2) is 5.25. The molecule has 0 spiro atoms. The number of aryl methyl sites for hydroxylation is 1. The Kier molecular flexibility index (Phi) is 3.44. The molecular formula is C15H16N2O2S. The first-order chi connectivity index (χ1) is 9.69. The number of fused-ring (bicyclic) bond motifs is 1. The lowest BCUT2D eigenvalue weighted by Crippen LogP contribution is -2.24. The van der Waals surface area contributed by atoms with Gasteiger partial charge in [0.2, 0.25) is 0 Å². The average molecular weight is 288 g/mol. The summed E-state index contributed by atoms with van der Waals surface area (Å²) in [6.07, 6.45) is 1.11. The van der Waals surface area contributed by atoms with Gasteiger partial charge in [0, 0.05) is 17.3 Å². The zero-order valence-electron chi connectivity index (χ0n) is 11.5. The van der Waals surface area contributed by atoms with Gasteiger partial charge in [0.05, 0.1) is 7.11 Å². The molecule has 1 aromatic heterocycles. The van der Waals surface area contributed by atoms with E-state index >= 15 is 0 Å². The molecule has 1 aliphatic carbocycles. The predicted octanol–water partition coefficient (Wildman–Crippen LogP) is 2.99. The molecule has 1 atom stereocenters. The first-order valence-electron chi connectivity index (χ1n) is 6.56. The Hall–Kier alpha value is -1.88. The summed E-state index contributed by atoms with van der Waals surface area (Å²) < 4.78 is 4.71. The van der Waals surface area contributed by atoms with E-state index in [2.05, 4.69) is 34.6 Å². The summed E-state index contributed by atoms with van der Waals surface area (Å²) in [6, 6.07) is 8.51. The summed E-state index contributed by atoms with van der Waals surface area (Å²) in [5, 5.41) is 4.11. The van der Waals surface area contributed by atoms with Crippen molar-refractivity contribution < 1.29 is 9.53 Å². The summed E-state index contributed by atoms with van der Waals surface area (Å²) in [5.41, 5.74) is 3.26. The van der Waals surface area contributed by atoms with Crippen LogP contribution in [-0.4, -0.2) is 24.6 Å². The van der Waals surface area contributed by atoms with Crippen molar-refractivity contribution in [2.24, 2.45) is 0 Å². The van der Waals surface area contributed by atoms with Gasteiger partial charge in [0.15, 0.2) is 10.8 Å². The maximum atomic E-state index is 11.5. The lowest BCUT2D eigenvalue weighted by molar-refractivity contribution is 0.0594. The Labute approximate surface area is 121 Å². The van der Waals surface area contributed by atoms with E-state index in [9.17, 15) is 4.79 Å². The zero-order chi connectivity index (χ0) is 14.1. The lowest BCUT2D eigenvalue weighted by atomic mass is 9.78. The molecule has 3 rings (SSSR count). The quantitative estimate of drug-likeness (QED) is 0.879. The van der Waals surface area contributed by atoms with Gasteiger partial charge < -0.3 is 10.1 Å². The molecule has 2 aromatic rings. The molecule has 1 unspecified atom stereocenters. The number of nitrogens with zero attached hydrogens (tertiary/aromatic N) is 1. The van der Waals surface area contributed by atoms with Crippen LogP contribution in [0, 0.1) is 6.92 Å². The second-order valence-corrected chi connectivity index (χ2v) is 6.10. The van der Waals surface area contributed by atoms with Crippen molar-refractivity contribution in [2.75, 3.05) is 19.0 Å². The number of ether oxygens (including phenoxy) is 1. The van der Waals surface area contributed by atoms with Crippen molar-refractivity contribution in [3.05, 3.63) is 46.0 Å². The van der Waals surface area contributed by atoms with Crippen LogP contribution in [0.1, 0.15) is 32.4 Å². The average Bonchev–Trinajstić information content (AvgIpc) is 2.80. The molecule has 0 aliphatic heterocycles. The molecule has 5 heteroatoms. The van der Waals surface area contributed by atoms with E-state index in [4.69, 9.17) is 4.74 Å². The number of nitrogens with one attached hydrogen (secondary N) is 1. The molecule has 0 radical (unpaired) electrons. The second-order valence-electron chi connectivity index (χ2n) is 4.90. The van der Waals surface area contributed by atoms with Crippen LogP contribution < -0.4 is 5.32 Å². The largest absolute Gasteiger partial charge is 0.464 e. The molecule has 4 nitrogen and oxygen atoms in total. The third kappa shape index (κ3) is 2.29. The van der Waals surface area contributed by atoms with Gasteiger partial charge in [-0.3, -0.25) is 0 Å². The normalized spacial score (nSPS) is 16.2. The number of benzene rings is 1. The molecule has 20 heavy (non-hydrogen) atoms. The van der Waals surface area contributed by atoms with Crippen LogP contribution in [0.25, 0.3) is 0 Å². The van der Waals surface area contributed by atoms with Crippen LogP contribution in [0.4, 0.5) is 5.13 Å². The van der Waals surface area contributed by atoms with E-state index in [1.165, 1.54) is 29.6 Å². The molecule has 0 bridgehead atoms. The molecule has 0 amide bonds. The highest BCUT2D eigenvalue weighted by Crippen LogP contribution is 2.35. The standard InChI is InChI=1S/C15H16N2O2S/c1-9-13(14(18)19-2)17-15(20-9)16-8-11-7-10-5-3-4-6-12(10)11/h3-6,11H,7-8H2,1-2H3,(H,16,17). The van der Waals surface area contributed by atoms with E-state index in [1.807, 2.05) is 6.92 Å². The van der Waals surface area contributed by atoms with Crippen molar-refractivity contribution in [1.29, 1.82) is 0 Å². The van der Waals surface area contributed by atoms with Gasteiger partial charge in [-0.05, 0) is 24.5 Å². The van der Waals surface area contributed by atoms with E-state index < -0.39 is 0 Å². The van der Waals surface area contributed by atoms with Crippen molar-refractivity contribution >= 4 is 22.4 Å². The number of rotatable bonds is 4. The zero-order valence-corrected chi connectivity index (χ0v) is 12.3. The third-order valence-electron chi connectivity index (χ3n) is 3.64. The molecule has 1 N–H and O–H groups in total. The highest BCUT2D eigenvalue weighted by Gasteiger charge is 2.25. The predicted molar refractivity (Wildman–Crippen MR) is 79.6 cm³/mol. The smallest absolute Gasteiger partial charge is 0.357 e. The fourth-order valence-electron chi connectivity index (χ4n) is 2.51. The highest BCUT2D eigenvalue weighted by atomic mass is 32.1. The minimum absolute atomic E-state index is 0.374. The number of aromatic nitrogens is 1. The molecule has 0 saturated heterocycles. The Balaban J connectivity index is 1.64. The van der Waals surface area contributed by atoms with Gasteiger partial charge in [-0.25, -0.2) is 9.78 Å². The number of hydrogen-bond acceptors (Lipinski definition) is 5. The minimum atomic E-state index is -0.374. The Morgan fingerprint density at radius 2 is 2.30 bits per heavy atom. The number of methoxy groups -OCH3 is 1. The van der Waals surface area contributed by atoms with E-state index in [0.717, 1.165) is 23.0 Å². The fourth-order valence-corrected chi connectivity index (χ4v) is 3.32. The number of carbonyl (C=O) groups excluding carboxylic acids is 1. The Bertz CT molecular complexity index is 651. The van der Waals surface area contributed by atoms with Gasteiger partial charge >= 0.3 is 5.97 Å². The van der Waals surface area contributed by atoms with Crippen molar-refractivity contribution in [3.63, 3.8) is 0 Å². The fraction of sp³-hybridized carbons (Fsp3) is 0.333. The van der Waals surface area contributed by atoms with Crippen LogP contribution in [0.15, 0.2) is 24.3 Å². The summed E-state index contributed by atoms with van der Waals surface area (Å²) in [6.45, 7) is 2.73. The number of anilines is 1. The van der Waals surface area contributed by atoms with Crippen molar-refractivity contribution in [3.8, 4) is 0 Å². The maximum absolute atomic E-state index is 11.5. The molecular weight excluding hydrogens is 272 g/mol. The summed E-state index contributed by atoms with van der Waals surface area (Å²) in [4.78, 5) is 16.7. The minimum Gasteiger partial charge on any atom is -0.464 e. The summed E-state index contributed by atoms with van der Waals surface area (Å²) in [5.74, 6) is 0.165. The Morgan fingerprint density at radius 3 is 3.05 bits per heavy atom. The SMILES string of the molecule is COC(=O)c1nc(NCC2Cc3ccccc32)sc1C. The summed E-state index contributed by atoms with van der Waals surface area (Å²) in [7, 11) is 1.37. The van der Waals surface area contributed by atoms with Gasteiger partial charge in [0.25, 0.3) is 0 Å². The van der Waals surface area contributed by atoms with Crippen LogP contribution in [0.2, 0.25) is 0 Å². The van der Waals surface area contributed by atoms with Gasteiger partial charge in [-0.1, -0.05) is 24.3 Å². The highest BCUT2D eigenvalue weighted by molar-refractivity contribution is 7.15. The number of esters is 1. The Morgan fingerprint density at radius 1 is 1.50 bits per heavy atom. The first-order valence-corrected chi connectivity index (χ1v) is 7.38. The van der Waals surface area contributed by atoms with E-state index in [0.29, 0.717) is 11.6 Å². The topological polar surface area (TPSA) is 51.2 Å². The van der Waals surface area contributed by atoms with Gasteiger partial charge in [-0.2, -0.15) is 0 Å². The number of hydrogen-bond donors (Lipinski definition) is 1. The van der Waals surface area contributed by atoms with Crippen LogP contribution in [0.5, 0.6) is 0 Å². The molecule has 1 aromatic carbocycles. The van der Waals surface area contributed by atoms with Crippen LogP contribution in [-0.2, 0) is 11.2 Å². The summed E-state index contributed by atoms with van der Waals surface area (Å²) >= 11 is 1.49. The van der Waals surface area contributed by atoms with Crippen molar-refractivity contribution in [2.45, 2.75) is 19.3 Å². The van der Waals surface area contributed by atoms with Crippen molar-refractivity contribution in [1.82, 2.24) is 4.98 Å². The molecule has 1 heterocycles. The van der Waals surface area contributed by atoms with Gasteiger partial charge in [-0.15, -0.1) is 11.3 Å². The van der Waals surface area contributed by atoms with E-state index in [-0.39, 0.29) is 5.97 Å². The van der Waals surface area contributed by atoms with Gasteiger partial charge in [0.1, 0.15) is 0 Å². The lowest BCUT2D eigenvalue weighted by Gasteiger charge is -2.30. The van der Waals surface area contributed by atoms with Crippen LogP contribution >= 0.6 is 11.3 Å². The first kappa shape index (κ1) is 13.1. The monoisotopic (exact) mass is 288 g/mol. The van der Waals surface area contributed by atoms with E-state index in [1.54, 1.807) is 0 Å². The third-order valence-corrected chi connectivity index (χ3v) is 4.56. The molecule has 0 saturated carbocycles. The maximum Gasteiger partial charge on any atom is 0.357 e. The molecule has 104 valence electrons. The number of thiazole rings is 1.